The predicted octanol–water partition coefficient (Wildman–Crippen LogP) is 3.83. The molecule has 4 aromatic rings. The molecule has 0 radical (unpaired) electrons. The SMILES string of the molecule is COc1ccc(-c2nccn2Cc2cccnc2)cc1-c1nc(C)ns1. The first-order valence-corrected chi connectivity index (χ1v) is 8.91. The molecule has 3 aromatic heterocycles. The van der Waals surface area contributed by atoms with Gasteiger partial charge in [-0.25, -0.2) is 9.97 Å². The minimum atomic E-state index is 0.711. The Morgan fingerprint density at radius 1 is 1.19 bits per heavy atom. The Bertz CT molecular complexity index is 1030. The zero-order chi connectivity index (χ0) is 17.9. The van der Waals surface area contributed by atoms with E-state index in [1.165, 1.54) is 11.5 Å². The van der Waals surface area contributed by atoms with Gasteiger partial charge in [-0.3, -0.25) is 4.98 Å². The molecule has 0 aliphatic rings. The Kier molecular flexibility index (Phi) is 4.45. The standard InChI is InChI=1S/C19H17N5OS/c1-13-22-19(26-23-13)16-10-15(5-6-17(16)25-2)18-21-8-9-24(18)12-14-4-3-7-20-11-14/h3-11H,12H2,1-2H3. The number of aromatic nitrogens is 5. The van der Waals surface area contributed by atoms with Crippen LogP contribution in [0.3, 0.4) is 0 Å². The fraction of sp³-hybridized carbons (Fsp3) is 0.158. The minimum Gasteiger partial charge on any atom is -0.496 e. The molecule has 0 amide bonds. The van der Waals surface area contributed by atoms with Crippen molar-refractivity contribution in [2.75, 3.05) is 7.11 Å². The molecule has 4 rings (SSSR count). The van der Waals surface area contributed by atoms with Crippen molar-refractivity contribution in [1.82, 2.24) is 23.9 Å². The summed E-state index contributed by atoms with van der Waals surface area (Å²) in [4.78, 5) is 13.2. The highest BCUT2D eigenvalue weighted by atomic mass is 32.1. The van der Waals surface area contributed by atoms with E-state index < -0.39 is 0 Å². The summed E-state index contributed by atoms with van der Waals surface area (Å²) in [5.41, 5.74) is 3.05. The van der Waals surface area contributed by atoms with Crippen molar-refractivity contribution < 1.29 is 4.74 Å². The van der Waals surface area contributed by atoms with Crippen LogP contribution in [0, 0.1) is 6.92 Å². The zero-order valence-corrected chi connectivity index (χ0v) is 15.3. The van der Waals surface area contributed by atoms with Crippen LogP contribution in [0.25, 0.3) is 22.0 Å². The maximum absolute atomic E-state index is 5.51. The third-order valence-corrected chi connectivity index (χ3v) is 4.85. The van der Waals surface area contributed by atoms with Crippen LogP contribution in [0.4, 0.5) is 0 Å². The van der Waals surface area contributed by atoms with E-state index in [1.54, 1.807) is 13.3 Å². The number of methoxy groups -OCH3 is 1. The Balaban J connectivity index is 1.74. The number of benzene rings is 1. The Morgan fingerprint density at radius 2 is 2.12 bits per heavy atom. The molecular weight excluding hydrogens is 346 g/mol. The summed E-state index contributed by atoms with van der Waals surface area (Å²) in [6.45, 7) is 2.60. The summed E-state index contributed by atoms with van der Waals surface area (Å²) in [5, 5.41) is 0.839. The summed E-state index contributed by atoms with van der Waals surface area (Å²) in [5.74, 6) is 2.42. The molecule has 0 aliphatic carbocycles. The normalized spacial score (nSPS) is 10.8. The van der Waals surface area contributed by atoms with Crippen molar-refractivity contribution in [3.05, 3.63) is 66.5 Å². The number of hydrogen-bond acceptors (Lipinski definition) is 6. The minimum absolute atomic E-state index is 0.711. The largest absolute Gasteiger partial charge is 0.496 e. The molecule has 0 saturated heterocycles. The van der Waals surface area contributed by atoms with Gasteiger partial charge < -0.3 is 9.30 Å². The van der Waals surface area contributed by atoms with Gasteiger partial charge >= 0.3 is 0 Å². The van der Waals surface area contributed by atoms with Crippen LogP contribution in [-0.4, -0.2) is 31.0 Å². The molecule has 0 N–H and O–H groups in total. The number of ether oxygens (including phenoxy) is 1. The number of imidazole rings is 1. The average Bonchev–Trinajstić information content (AvgIpc) is 3.31. The lowest BCUT2D eigenvalue weighted by atomic mass is 10.1. The molecule has 0 fully saturated rings. The number of pyridine rings is 1. The van der Waals surface area contributed by atoms with Crippen LogP contribution in [0.2, 0.25) is 0 Å². The summed E-state index contributed by atoms with van der Waals surface area (Å²) in [7, 11) is 1.66. The third kappa shape index (κ3) is 3.21. The molecule has 7 heteroatoms. The van der Waals surface area contributed by atoms with Gasteiger partial charge in [0.25, 0.3) is 0 Å². The van der Waals surface area contributed by atoms with Gasteiger partial charge in [0.2, 0.25) is 0 Å². The number of hydrogen-bond donors (Lipinski definition) is 0. The van der Waals surface area contributed by atoms with E-state index in [0.717, 1.165) is 39.1 Å². The Morgan fingerprint density at radius 3 is 2.85 bits per heavy atom. The fourth-order valence-corrected chi connectivity index (χ4v) is 3.50. The second kappa shape index (κ2) is 7.05. The molecule has 0 bridgehead atoms. The maximum Gasteiger partial charge on any atom is 0.147 e. The highest BCUT2D eigenvalue weighted by Crippen LogP contribution is 2.34. The lowest BCUT2D eigenvalue weighted by Crippen LogP contribution is -2.01. The van der Waals surface area contributed by atoms with Gasteiger partial charge in [-0.15, -0.1) is 0 Å². The summed E-state index contributed by atoms with van der Waals surface area (Å²) in [6, 6.07) is 10.0. The van der Waals surface area contributed by atoms with Gasteiger partial charge in [0, 0.05) is 30.4 Å². The molecular formula is C19H17N5OS. The van der Waals surface area contributed by atoms with E-state index in [0.29, 0.717) is 6.54 Å². The van der Waals surface area contributed by atoms with Gasteiger partial charge in [0.05, 0.1) is 19.2 Å². The number of aryl methyl sites for hydroxylation is 1. The van der Waals surface area contributed by atoms with Crippen LogP contribution in [0.15, 0.2) is 55.1 Å². The van der Waals surface area contributed by atoms with E-state index in [4.69, 9.17) is 4.74 Å². The lowest BCUT2D eigenvalue weighted by Gasteiger charge is -2.11. The van der Waals surface area contributed by atoms with Crippen molar-refractivity contribution in [3.63, 3.8) is 0 Å². The quantitative estimate of drug-likeness (QED) is 0.539. The van der Waals surface area contributed by atoms with Crippen molar-refractivity contribution in [1.29, 1.82) is 0 Å². The first kappa shape index (κ1) is 16.4. The van der Waals surface area contributed by atoms with E-state index >= 15 is 0 Å². The maximum atomic E-state index is 5.51. The van der Waals surface area contributed by atoms with Gasteiger partial charge in [0.1, 0.15) is 22.4 Å². The lowest BCUT2D eigenvalue weighted by molar-refractivity contribution is 0.416. The van der Waals surface area contributed by atoms with Crippen LogP contribution in [-0.2, 0) is 6.54 Å². The zero-order valence-electron chi connectivity index (χ0n) is 14.5. The molecule has 0 aliphatic heterocycles. The molecule has 0 saturated carbocycles. The molecule has 1 aromatic carbocycles. The van der Waals surface area contributed by atoms with E-state index in [9.17, 15) is 0 Å². The molecule has 26 heavy (non-hydrogen) atoms. The number of rotatable bonds is 5. The van der Waals surface area contributed by atoms with Crippen LogP contribution in [0.5, 0.6) is 5.75 Å². The predicted molar refractivity (Wildman–Crippen MR) is 101 cm³/mol. The van der Waals surface area contributed by atoms with Crippen molar-refractivity contribution in [3.8, 4) is 27.7 Å². The van der Waals surface area contributed by atoms with Crippen LogP contribution >= 0.6 is 11.5 Å². The molecule has 0 atom stereocenters. The highest BCUT2D eigenvalue weighted by Gasteiger charge is 2.14. The topological polar surface area (TPSA) is 65.7 Å². The summed E-state index contributed by atoms with van der Waals surface area (Å²) in [6.07, 6.45) is 7.43. The van der Waals surface area contributed by atoms with E-state index in [1.807, 2.05) is 43.7 Å². The second-order valence-electron chi connectivity index (χ2n) is 5.80. The van der Waals surface area contributed by atoms with Crippen LogP contribution < -0.4 is 4.74 Å². The molecule has 0 spiro atoms. The second-order valence-corrected chi connectivity index (χ2v) is 6.55. The van der Waals surface area contributed by atoms with Crippen molar-refractivity contribution in [2.24, 2.45) is 0 Å². The van der Waals surface area contributed by atoms with Crippen molar-refractivity contribution in [2.45, 2.75) is 13.5 Å². The smallest absolute Gasteiger partial charge is 0.147 e. The average molecular weight is 363 g/mol. The molecule has 130 valence electrons. The van der Waals surface area contributed by atoms with Crippen LogP contribution in [0.1, 0.15) is 11.4 Å². The number of nitrogens with zero attached hydrogens (tertiary/aromatic N) is 5. The van der Waals surface area contributed by atoms with Gasteiger partial charge in [-0.1, -0.05) is 6.07 Å². The Labute approximate surface area is 155 Å². The first-order valence-electron chi connectivity index (χ1n) is 8.14. The van der Waals surface area contributed by atoms with Gasteiger partial charge in [-0.05, 0) is 48.3 Å². The van der Waals surface area contributed by atoms with Crippen molar-refractivity contribution >= 4 is 11.5 Å². The summed E-state index contributed by atoms with van der Waals surface area (Å²) < 4.78 is 11.9. The molecule has 6 nitrogen and oxygen atoms in total. The molecule has 0 unspecified atom stereocenters. The third-order valence-electron chi connectivity index (χ3n) is 4.01. The molecule has 3 heterocycles. The fourth-order valence-electron chi connectivity index (χ4n) is 2.81. The van der Waals surface area contributed by atoms with Gasteiger partial charge in [0.15, 0.2) is 0 Å². The van der Waals surface area contributed by atoms with E-state index in [2.05, 4.69) is 36.0 Å². The van der Waals surface area contributed by atoms with Gasteiger partial charge in [-0.2, -0.15) is 4.37 Å². The highest BCUT2D eigenvalue weighted by molar-refractivity contribution is 7.09. The first-order chi connectivity index (χ1) is 12.7. The summed E-state index contributed by atoms with van der Waals surface area (Å²) >= 11 is 1.37. The van der Waals surface area contributed by atoms with E-state index in [-0.39, 0.29) is 0 Å². The monoisotopic (exact) mass is 363 g/mol. The Hall–Kier alpha value is -3.06.